The molecule has 31 heavy (non-hydrogen) atoms. The number of rotatable bonds is 6. The first kappa shape index (κ1) is 22.3. The van der Waals surface area contributed by atoms with Crippen molar-refractivity contribution in [3.8, 4) is 0 Å². The standard InChI is InChI=1S/C22H20ClN3O4S/c1-14-5-3-8-18(11-14)26-31(29,30)19-9-10-21(23)20(13-19)22(28)25-17-7-4-6-16(12-17)24-15(2)27/h3-13,26H,1-2H3,(H,24,27)(H,25,28). The van der Waals surface area contributed by atoms with Gasteiger partial charge in [-0.2, -0.15) is 0 Å². The Kier molecular flexibility index (Phi) is 6.62. The van der Waals surface area contributed by atoms with Gasteiger partial charge in [0.15, 0.2) is 0 Å². The van der Waals surface area contributed by atoms with Crippen LogP contribution in [0.25, 0.3) is 0 Å². The van der Waals surface area contributed by atoms with Gasteiger partial charge in [-0.05, 0) is 61.0 Å². The third-order valence-corrected chi connectivity index (χ3v) is 5.91. The molecule has 0 aromatic heterocycles. The minimum absolute atomic E-state index is 0.00119. The van der Waals surface area contributed by atoms with E-state index in [0.29, 0.717) is 17.1 Å². The molecule has 0 atom stereocenters. The molecule has 0 saturated carbocycles. The van der Waals surface area contributed by atoms with Crippen molar-refractivity contribution < 1.29 is 18.0 Å². The van der Waals surface area contributed by atoms with E-state index in [1.807, 2.05) is 13.0 Å². The van der Waals surface area contributed by atoms with Gasteiger partial charge in [0.05, 0.1) is 15.5 Å². The van der Waals surface area contributed by atoms with Gasteiger partial charge >= 0.3 is 0 Å². The summed E-state index contributed by atoms with van der Waals surface area (Å²) in [7, 11) is -3.93. The van der Waals surface area contributed by atoms with Crippen LogP contribution in [0.1, 0.15) is 22.8 Å². The van der Waals surface area contributed by atoms with Gasteiger partial charge in [-0.15, -0.1) is 0 Å². The SMILES string of the molecule is CC(=O)Nc1cccc(NC(=O)c2cc(S(=O)(=O)Nc3cccc(C)c3)ccc2Cl)c1. The topological polar surface area (TPSA) is 104 Å². The highest BCUT2D eigenvalue weighted by molar-refractivity contribution is 7.92. The second kappa shape index (κ2) is 9.20. The van der Waals surface area contributed by atoms with Crippen LogP contribution in [-0.2, 0) is 14.8 Å². The van der Waals surface area contributed by atoms with E-state index >= 15 is 0 Å². The summed E-state index contributed by atoms with van der Waals surface area (Å²) in [5.41, 5.74) is 2.24. The zero-order chi connectivity index (χ0) is 22.6. The normalized spacial score (nSPS) is 10.9. The number of anilines is 3. The first-order valence-electron chi connectivity index (χ1n) is 9.22. The predicted molar refractivity (Wildman–Crippen MR) is 122 cm³/mol. The Morgan fingerprint density at radius 1 is 0.839 bits per heavy atom. The Labute approximate surface area is 185 Å². The summed E-state index contributed by atoms with van der Waals surface area (Å²) in [5, 5.41) is 5.38. The number of carbonyl (C=O) groups excluding carboxylic acids is 2. The Balaban J connectivity index is 1.85. The summed E-state index contributed by atoms with van der Waals surface area (Å²) in [4.78, 5) is 23.9. The molecular formula is C22H20ClN3O4S. The zero-order valence-electron chi connectivity index (χ0n) is 16.8. The summed E-state index contributed by atoms with van der Waals surface area (Å²) < 4.78 is 28.1. The molecule has 3 N–H and O–H groups in total. The van der Waals surface area contributed by atoms with E-state index in [2.05, 4.69) is 15.4 Å². The molecule has 3 aromatic carbocycles. The van der Waals surface area contributed by atoms with Gasteiger partial charge in [-0.3, -0.25) is 14.3 Å². The molecule has 0 spiro atoms. The molecule has 0 heterocycles. The first-order chi connectivity index (χ1) is 14.6. The number of amides is 2. The molecule has 9 heteroatoms. The van der Waals surface area contributed by atoms with Crippen LogP contribution in [0.4, 0.5) is 17.1 Å². The minimum atomic E-state index is -3.93. The van der Waals surface area contributed by atoms with Crippen molar-refractivity contribution in [1.29, 1.82) is 0 Å². The van der Waals surface area contributed by atoms with Crippen molar-refractivity contribution in [2.45, 2.75) is 18.7 Å². The molecule has 160 valence electrons. The fraction of sp³-hybridized carbons (Fsp3) is 0.0909. The summed E-state index contributed by atoms with van der Waals surface area (Å²) in [6.07, 6.45) is 0. The second-order valence-electron chi connectivity index (χ2n) is 6.83. The zero-order valence-corrected chi connectivity index (χ0v) is 18.3. The molecule has 0 unspecified atom stereocenters. The molecule has 0 aliphatic carbocycles. The van der Waals surface area contributed by atoms with Crippen LogP contribution in [0.2, 0.25) is 5.02 Å². The lowest BCUT2D eigenvalue weighted by Gasteiger charge is -2.12. The van der Waals surface area contributed by atoms with Crippen molar-refractivity contribution in [2.75, 3.05) is 15.4 Å². The van der Waals surface area contributed by atoms with Crippen LogP contribution in [-0.4, -0.2) is 20.2 Å². The van der Waals surface area contributed by atoms with E-state index < -0.39 is 15.9 Å². The smallest absolute Gasteiger partial charge is 0.261 e. The third-order valence-electron chi connectivity index (χ3n) is 4.20. The van der Waals surface area contributed by atoms with Crippen molar-refractivity contribution in [3.63, 3.8) is 0 Å². The quantitative estimate of drug-likeness (QED) is 0.500. The second-order valence-corrected chi connectivity index (χ2v) is 8.92. The number of aryl methyl sites for hydroxylation is 1. The molecule has 0 saturated heterocycles. The fourth-order valence-electron chi connectivity index (χ4n) is 2.84. The maximum absolute atomic E-state index is 12.8. The average molecular weight is 458 g/mol. The van der Waals surface area contributed by atoms with E-state index in [1.54, 1.807) is 42.5 Å². The van der Waals surface area contributed by atoms with Crippen molar-refractivity contribution in [2.24, 2.45) is 0 Å². The Morgan fingerprint density at radius 3 is 2.16 bits per heavy atom. The van der Waals surface area contributed by atoms with E-state index in [4.69, 9.17) is 11.6 Å². The largest absolute Gasteiger partial charge is 0.326 e. The van der Waals surface area contributed by atoms with E-state index in [0.717, 1.165) is 5.56 Å². The summed E-state index contributed by atoms with van der Waals surface area (Å²) in [6, 6.07) is 17.4. The highest BCUT2D eigenvalue weighted by Crippen LogP contribution is 2.24. The monoisotopic (exact) mass is 457 g/mol. The molecule has 7 nitrogen and oxygen atoms in total. The van der Waals surface area contributed by atoms with Crippen molar-refractivity contribution >= 4 is 50.5 Å². The molecule has 0 aliphatic rings. The van der Waals surface area contributed by atoms with Crippen LogP contribution < -0.4 is 15.4 Å². The molecule has 2 amide bonds. The van der Waals surface area contributed by atoms with Crippen LogP contribution in [0, 0.1) is 6.92 Å². The van der Waals surface area contributed by atoms with Gasteiger partial charge in [0, 0.05) is 24.0 Å². The third kappa shape index (κ3) is 5.84. The number of carbonyl (C=O) groups is 2. The molecule has 3 aromatic rings. The first-order valence-corrected chi connectivity index (χ1v) is 11.1. The van der Waals surface area contributed by atoms with Gasteiger partial charge in [0.25, 0.3) is 15.9 Å². The molecule has 0 aliphatic heterocycles. The molecule has 0 radical (unpaired) electrons. The number of nitrogens with one attached hydrogen (secondary N) is 3. The predicted octanol–water partition coefficient (Wildman–Crippen LogP) is 4.66. The number of sulfonamides is 1. The number of benzene rings is 3. The van der Waals surface area contributed by atoms with Crippen LogP contribution in [0.15, 0.2) is 71.6 Å². The highest BCUT2D eigenvalue weighted by atomic mass is 35.5. The lowest BCUT2D eigenvalue weighted by molar-refractivity contribution is -0.114. The Morgan fingerprint density at radius 2 is 1.48 bits per heavy atom. The maximum Gasteiger partial charge on any atom is 0.261 e. The van der Waals surface area contributed by atoms with Gasteiger partial charge in [-0.25, -0.2) is 8.42 Å². The van der Waals surface area contributed by atoms with Crippen molar-refractivity contribution in [3.05, 3.63) is 82.9 Å². The summed E-state index contributed by atoms with van der Waals surface area (Å²) in [6.45, 7) is 3.23. The Hall–Kier alpha value is -3.36. The average Bonchev–Trinajstić information content (AvgIpc) is 2.67. The van der Waals surface area contributed by atoms with Crippen molar-refractivity contribution in [1.82, 2.24) is 0 Å². The number of hydrogen-bond donors (Lipinski definition) is 3. The fourth-order valence-corrected chi connectivity index (χ4v) is 4.12. The van der Waals surface area contributed by atoms with E-state index in [-0.39, 0.29) is 21.4 Å². The lowest BCUT2D eigenvalue weighted by Crippen LogP contribution is -2.16. The van der Waals surface area contributed by atoms with Gasteiger partial charge in [0.1, 0.15) is 0 Å². The number of halogens is 1. The van der Waals surface area contributed by atoms with E-state index in [1.165, 1.54) is 25.1 Å². The van der Waals surface area contributed by atoms with Crippen LogP contribution in [0.3, 0.4) is 0 Å². The van der Waals surface area contributed by atoms with Gasteiger partial charge in [-0.1, -0.05) is 29.8 Å². The maximum atomic E-state index is 12.8. The summed E-state index contributed by atoms with van der Waals surface area (Å²) >= 11 is 6.16. The van der Waals surface area contributed by atoms with Crippen LogP contribution in [0.5, 0.6) is 0 Å². The molecular weight excluding hydrogens is 438 g/mol. The molecule has 3 rings (SSSR count). The van der Waals surface area contributed by atoms with Crippen LogP contribution >= 0.6 is 11.6 Å². The lowest BCUT2D eigenvalue weighted by atomic mass is 10.2. The molecule has 0 fully saturated rings. The minimum Gasteiger partial charge on any atom is -0.326 e. The van der Waals surface area contributed by atoms with Gasteiger partial charge < -0.3 is 10.6 Å². The van der Waals surface area contributed by atoms with E-state index in [9.17, 15) is 18.0 Å². The number of hydrogen-bond acceptors (Lipinski definition) is 4. The Bertz CT molecular complexity index is 1260. The summed E-state index contributed by atoms with van der Waals surface area (Å²) in [5.74, 6) is -0.830. The molecule has 0 bridgehead atoms. The highest BCUT2D eigenvalue weighted by Gasteiger charge is 2.19. The van der Waals surface area contributed by atoms with Gasteiger partial charge in [0.2, 0.25) is 5.91 Å².